The van der Waals surface area contributed by atoms with Crippen LogP contribution in [-0.4, -0.2) is 28.1 Å². The number of nitrogens with one attached hydrogen (secondary N) is 4. The second kappa shape index (κ2) is 10.5. The summed E-state index contributed by atoms with van der Waals surface area (Å²) in [5.74, 6) is -0.874. The number of nitrogens with zero attached hydrogens (tertiary/aromatic N) is 1. The van der Waals surface area contributed by atoms with Crippen LogP contribution in [0.15, 0.2) is 54.1 Å². The smallest absolute Gasteiger partial charge is 0.240 e. The lowest BCUT2D eigenvalue weighted by Crippen LogP contribution is -2.28. The standard InChI is InChI=1S/C21H19Cl2N5O3S/c1-11(13-4-3-5-15(8-13)24-12(2)29)27-28-21-26-20(31)18(32-21)10-19(30)25-17-7-6-14(22)9-16(17)23/h3-9,18,27H,1,10H2,2H3,(H,24,29)(H,25,30)(H,26,28,31)/t18-/m1/s1. The number of thioether (sulfide) groups is 1. The lowest BCUT2D eigenvalue weighted by atomic mass is 10.1. The van der Waals surface area contributed by atoms with Gasteiger partial charge in [0.1, 0.15) is 5.25 Å². The highest BCUT2D eigenvalue weighted by Gasteiger charge is 2.32. The molecular weight excluding hydrogens is 473 g/mol. The minimum atomic E-state index is -0.641. The van der Waals surface area contributed by atoms with Gasteiger partial charge in [-0.05, 0) is 30.3 Å². The van der Waals surface area contributed by atoms with Crippen LogP contribution >= 0.6 is 35.0 Å². The van der Waals surface area contributed by atoms with E-state index in [1.165, 1.54) is 13.0 Å². The molecular formula is C21H19Cl2N5O3S. The van der Waals surface area contributed by atoms with Crippen molar-refractivity contribution in [1.82, 2.24) is 10.7 Å². The molecule has 166 valence electrons. The molecule has 8 nitrogen and oxygen atoms in total. The molecule has 32 heavy (non-hydrogen) atoms. The first kappa shape index (κ1) is 23.6. The molecule has 0 spiro atoms. The minimum absolute atomic E-state index is 0.0613. The molecule has 1 aliphatic heterocycles. The summed E-state index contributed by atoms with van der Waals surface area (Å²) in [5, 5.41) is 12.6. The summed E-state index contributed by atoms with van der Waals surface area (Å²) in [6, 6.07) is 11.8. The van der Waals surface area contributed by atoms with Crippen LogP contribution in [0, 0.1) is 0 Å². The molecule has 1 atom stereocenters. The molecule has 0 aliphatic carbocycles. The largest absolute Gasteiger partial charge is 0.326 e. The van der Waals surface area contributed by atoms with Gasteiger partial charge in [0.05, 0.1) is 16.4 Å². The molecule has 0 unspecified atom stereocenters. The van der Waals surface area contributed by atoms with Crippen molar-refractivity contribution in [2.75, 3.05) is 10.6 Å². The van der Waals surface area contributed by atoms with Crippen LogP contribution in [0.1, 0.15) is 18.9 Å². The van der Waals surface area contributed by atoms with Crippen LogP contribution in [0.4, 0.5) is 11.4 Å². The molecule has 3 amide bonds. The van der Waals surface area contributed by atoms with E-state index in [9.17, 15) is 14.4 Å². The van der Waals surface area contributed by atoms with Gasteiger partial charge in [0.2, 0.25) is 17.7 Å². The van der Waals surface area contributed by atoms with Gasteiger partial charge in [-0.2, -0.15) is 0 Å². The van der Waals surface area contributed by atoms with Gasteiger partial charge in [-0.3, -0.25) is 19.8 Å². The Kier molecular flexibility index (Phi) is 7.79. The number of hydrazone groups is 1. The van der Waals surface area contributed by atoms with Crippen molar-refractivity contribution in [2.45, 2.75) is 18.6 Å². The maximum Gasteiger partial charge on any atom is 0.240 e. The molecule has 2 aromatic rings. The molecule has 0 aromatic heterocycles. The van der Waals surface area contributed by atoms with Crippen molar-refractivity contribution >= 4 is 74.9 Å². The zero-order valence-electron chi connectivity index (χ0n) is 16.9. The molecule has 0 saturated carbocycles. The number of benzene rings is 2. The average Bonchev–Trinajstić information content (AvgIpc) is 3.07. The van der Waals surface area contributed by atoms with E-state index in [0.29, 0.717) is 37.8 Å². The van der Waals surface area contributed by atoms with Gasteiger partial charge in [-0.15, -0.1) is 5.10 Å². The first-order valence-corrected chi connectivity index (χ1v) is 11.0. The highest BCUT2D eigenvalue weighted by Crippen LogP contribution is 2.27. The van der Waals surface area contributed by atoms with Gasteiger partial charge in [-0.1, -0.05) is 53.7 Å². The monoisotopic (exact) mass is 491 g/mol. The molecule has 0 radical (unpaired) electrons. The molecule has 4 N–H and O–H groups in total. The van der Waals surface area contributed by atoms with Crippen molar-refractivity contribution in [1.29, 1.82) is 0 Å². The highest BCUT2D eigenvalue weighted by atomic mass is 35.5. The quantitative estimate of drug-likeness (QED) is 0.436. The first-order valence-electron chi connectivity index (χ1n) is 9.34. The van der Waals surface area contributed by atoms with E-state index in [1.54, 1.807) is 36.4 Å². The third-order valence-electron chi connectivity index (χ3n) is 4.18. The summed E-state index contributed by atoms with van der Waals surface area (Å²) in [7, 11) is 0. The van der Waals surface area contributed by atoms with Crippen LogP contribution in [0.3, 0.4) is 0 Å². The molecule has 1 fully saturated rings. The number of hydrogen-bond donors (Lipinski definition) is 4. The van der Waals surface area contributed by atoms with E-state index >= 15 is 0 Å². The molecule has 2 aromatic carbocycles. The molecule has 0 bridgehead atoms. The zero-order chi connectivity index (χ0) is 23.3. The predicted molar refractivity (Wildman–Crippen MR) is 130 cm³/mol. The molecule has 1 heterocycles. The van der Waals surface area contributed by atoms with Crippen LogP contribution in [0.5, 0.6) is 0 Å². The zero-order valence-corrected chi connectivity index (χ0v) is 19.2. The maximum atomic E-state index is 12.3. The van der Waals surface area contributed by atoms with Crippen molar-refractivity contribution in [3.8, 4) is 0 Å². The third-order valence-corrected chi connectivity index (χ3v) is 5.81. The Labute approximate surface area is 198 Å². The van der Waals surface area contributed by atoms with Crippen LogP contribution in [0.25, 0.3) is 5.70 Å². The topological polar surface area (TPSA) is 112 Å². The van der Waals surface area contributed by atoms with Gasteiger partial charge < -0.3 is 16.0 Å². The van der Waals surface area contributed by atoms with Crippen LogP contribution in [-0.2, 0) is 14.4 Å². The highest BCUT2D eigenvalue weighted by molar-refractivity contribution is 8.15. The normalized spacial score (nSPS) is 16.4. The van der Waals surface area contributed by atoms with Gasteiger partial charge in [0.15, 0.2) is 5.17 Å². The maximum absolute atomic E-state index is 12.3. The van der Waals surface area contributed by atoms with Gasteiger partial charge >= 0.3 is 0 Å². The lowest BCUT2D eigenvalue weighted by Gasteiger charge is -2.09. The third kappa shape index (κ3) is 6.49. The number of carbonyl (C=O) groups is 3. The number of carbonyl (C=O) groups excluding carboxylic acids is 3. The van der Waals surface area contributed by atoms with E-state index in [-0.39, 0.29) is 24.1 Å². The van der Waals surface area contributed by atoms with E-state index in [2.05, 4.69) is 33.1 Å². The Bertz CT molecular complexity index is 1120. The van der Waals surface area contributed by atoms with E-state index in [1.807, 2.05) is 0 Å². The van der Waals surface area contributed by atoms with Crippen LogP contribution < -0.4 is 21.4 Å². The van der Waals surface area contributed by atoms with Crippen molar-refractivity contribution in [2.24, 2.45) is 5.10 Å². The van der Waals surface area contributed by atoms with Gasteiger partial charge in [-0.25, -0.2) is 0 Å². The fourth-order valence-electron chi connectivity index (χ4n) is 2.72. The van der Waals surface area contributed by atoms with Gasteiger partial charge in [0, 0.05) is 29.6 Å². The summed E-state index contributed by atoms with van der Waals surface area (Å²) in [5.41, 5.74) is 5.01. The summed E-state index contributed by atoms with van der Waals surface area (Å²) in [4.78, 5) is 35.8. The summed E-state index contributed by atoms with van der Waals surface area (Å²) in [6.45, 7) is 5.34. The fourth-order valence-corrected chi connectivity index (χ4v) is 4.11. The molecule has 11 heteroatoms. The molecule has 1 aliphatic rings. The second-order valence-corrected chi connectivity index (χ2v) is 8.78. The summed E-state index contributed by atoms with van der Waals surface area (Å²) < 4.78 is 0. The van der Waals surface area contributed by atoms with Crippen LogP contribution in [0.2, 0.25) is 10.0 Å². The molecule has 1 saturated heterocycles. The number of rotatable bonds is 7. The SMILES string of the molecule is C=C(N/N=C1/NC(=O)[C@@H](CC(=O)Nc2ccc(Cl)cc2Cl)S1)c1cccc(NC(C)=O)c1. The first-order chi connectivity index (χ1) is 15.2. The average molecular weight is 492 g/mol. The number of amides is 3. The Morgan fingerprint density at radius 1 is 1.19 bits per heavy atom. The second-order valence-electron chi connectivity index (χ2n) is 6.74. The Morgan fingerprint density at radius 2 is 1.97 bits per heavy atom. The summed E-state index contributed by atoms with van der Waals surface area (Å²) >= 11 is 13.0. The minimum Gasteiger partial charge on any atom is -0.326 e. The van der Waals surface area contributed by atoms with E-state index < -0.39 is 5.25 Å². The summed E-state index contributed by atoms with van der Waals surface area (Å²) in [6.07, 6.45) is -0.0613. The number of halogens is 2. The number of amidine groups is 1. The van der Waals surface area contributed by atoms with Gasteiger partial charge in [0.25, 0.3) is 0 Å². The lowest BCUT2D eigenvalue weighted by molar-refractivity contribution is -0.122. The van der Waals surface area contributed by atoms with Crippen molar-refractivity contribution in [3.05, 3.63) is 64.7 Å². The number of anilines is 2. The van der Waals surface area contributed by atoms with Crippen molar-refractivity contribution in [3.63, 3.8) is 0 Å². The Morgan fingerprint density at radius 3 is 2.69 bits per heavy atom. The Hall–Kier alpha value is -3.01. The van der Waals surface area contributed by atoms with E-state index in [0.717, 1.165) is 11.8 Å². The van der Waals surface area contributed by atoms with E-state index in [4.69, 9.17) is 23.2 Å². The predicted octanol–water partition coefficient (Wildman–Crippen LogP) is 4.04. The fraction of sp³-hybridized carbons (Fsp3) is 0.143. The number of hydrogen-bond acceptors (Lipinski definition) is 6. The van der Waals surface area contributed by atoms with Crippen molar-refractivity contribution < 1.29 is 14.4 Å². The molecule has 3 rings (SSSR count). The Balaban J connectivity index is 1.56.